The van der Waals surface area contributed by atoms with Crippen molar-refractivity contribution in [2.24, 2.45) is 0 Å². The molecule has 42 heavy (non-hydrogen) atoms. The highest BCUT2D eigenvalue weighted by Crippen LogP contribution is 2.37. The minimum atomic E-state index is -4.77. The Bertz CT molecular complexity index is 1330. The number of anilines is 1. The fourth-order valence-corrected chi connectivity index (χ4v) is 5.25. The van der Waals surface area contributed by atoms with Gasteiger partial charge in [0.05, 0.1) is 19.1 Å². The molecular weight excluding hydrogens is 555 g/mol. The Morgan fingerprint density at radius 1 is 1.12 bits per heavy atom. The van der Waals surface area contributed by atoms with Crippen LogP contribution in [0.5, 0.6) is 5.75 Å². The molecule has 2 aliphatic heterocycles. The topological polar surface area (TPSA) is 109 Å². The monoisotopic (exact) mass is 589 g/mol. The van der Waals surface area contributed by atoms with Crippen molar-refractivity contribution < 1.29 is 32.0 Å². The predicted octanol–water partition coefficient (Wildman–Crippen LogP) is 3.71. The number of carbonyl (C=O) groups is 1. The van der Waals surface area contributed by atoms with Crippen molar-refractivity contribution in [2.45, 2.75) is 24.6 Å². The van der Waals surface area contributed by atoms with E-state index in [4.69, 9.17) is 14.2 Å². The molecule has 0 spiro atoms. The summed E-state index contributed by atoms with van der Waals surface area (Å²) in [5.41, 5.74) is 1.54. The summed E-state index contributed by atoms with van der Waals surface area (Å²) < 4.78 is 53.2. The Morgan fingerprint density at radius 2 is 1.86 bits per heavy atom. The summed E-state index contributed by atoms with van der Waals surface area (Å²) in [4.78, 5) is 28.2. The molecule has 1 N–H and O–H groups in total. The fourth-order valence-electron chi connectivity index (χ4n) is 5.25. The van der Waals surface area contributed by atoms with Crippen LogP contribution in [0.3, 0.4) is 0 Å². The summed E-state index contributed by atoms with van der Waals surface area (Å²) in [6, 6.07) is 9.38. The van der Waals surface area contributed by atoms with E-state index in [9.17, 15) is 18.0 Å². The number of carbonyl (C=O) groups excluding carboxylic acids is 1. The number of halogens is 3. The molecule has 2 saturated heterocycles. The van der Waals surface area contributed by atoms with Gasteiger partial charge >= 0.3 is 12.4 Å². The molecule has 14 heteroatoms. The Hall–Kier alpha value is -3.91. The van der Waals surface area contributed by atoms with Gasteiger partial charge in [0.15, 0.2) is 0 Å². The number of benzene rings is 1. The van der Waals surface area contributed by atoms with E-state index in [1.807, 2.05) is 31.1 Å². The molecule has 5 rings (SSSR count). The lowest BCUT2D eigenvalue weighted by atomic mass is 9.84. The maximum absolute atomic E-state index is 13.5. The Kier molecular flexibility index (Phi) is 9.12. The highest BCUT2D eigenvalue weighted by Gasteiger charge is 2.37. The predicted molar refractivity (Wildman–Crippen MR) is 147 cm³/mol. The molecule has 3 aromatic rings. The first kappa shape index (κ1) is 29.6. The van der Waals surface area contributed by atoms with E-state index < -0.39 is 6.36 Å². The number of piperidine rings is 1. The summed E-state index contributed by atoms with van der Waals surface area (Å²) in [5.74, 6) is 0.839. The van der Waals surface area contributed by atoms with E-state index in [1.165, 1.54) is 12.1 Å². The van der Waals surface area contributed by atoms with Crippen molar-refractivity contribution in [3.05, 3.63) is 54.0 Å². The van der Waals surface area contributed by atoms with Crippen LogP contribution in [-0.4, -0.2) is 104 Å². The summed E-state index contributed by atoms with van der Waals surface area (Å²) in [6.07, 6.45) is -2.50. The average molecular weight is 590 g/mol. The molecule has 2 unspecified atom stereocenters. The van der Waals surface area contributed by atoms with Crippen molar-refractivity contribution in [1.82, 2.24) is 30.2 Å². The number of pyridine rings is 1. The number of likely N-dealkylation sites (N-methyl/N-ethyl adjacent to an activating group) is 2. The SMILES string of the molecule is CNCCN(C)c1cc(-c2noc(C3CC(c4ccc(OC(F)(F)F)cc4)CN(C(=O)N4CCOCC4)C3)n2)ccn1. The summed E-state index contributed by atoms with van der Waals surface area (Å²) in [6.45, 7) is 4.27. The third kappa shape index (κ3) is 7.29. The molecule has 2 aromatic heterocycles. The Labute approximate surface area is 241 Å². The Balaban J connectivity index is 1.37. The zero-order valence-electron chi connectivity index (χ0n) is 23.5. The number of morpholine rings is 1. The third-order valence-electron chi connectivity index (χ3n) is 7.47. The van der Waals surface area contributed by atoms with Gasteiger partial charge in [0.1, 0.15) is 11.6 Å². The van der Waals surface area contributed by atoms with E-state index in [0.29, 0.717) is 57.5 Å². The number of nitrogens with zero attached hydrogens (tertiary/aromatic N) is 6. The number of aromatic nitrogens is 3. The van der Waals surface area contributed by atoms with E-state index in [1.54, 1.807) is 28.1 Å². The lowest BCUT2D eigenvalue weighted by molar-refractivity contribution is -0.274. The average Bonchev–Trinajstić information content (AvgIpc) is 3.50. The van der Waals surface area contributed by atoms with Gasteiger partial charge in [-0.25, -0.2) is 9.78 Å². The van der Waals surface area contributed by atoms with Crippen LogP contribution in [0.2, 0.25) is 0 Å². The van der Waals surface area contributed by atoms with Gasteiger partial charge in [-0.3, -0.25) is 0 Å². The summed E-state index contributed by atoms with van der Waals surface area (Å²) in [7, 11) is 3.84. The van der Waals surface area contributed by atoms with Gasteiger partial charge in [0.25, 0.3) is 0 Å². The van der Waals surface area contributed by atoms with Gasteiger partial charge in [-0.15, -0.1) is 13.2 Å². The number of likely N-dealkylation sites (tertiary alicyclic amines) is 1. The minimum absolute atomic E-state index is 0.117. The number of rotatable bonds is 8. The van der Waals surface area contributed by atoms with Crippen LogP contribution in [0.15, 0.2) is 47.1 Å². The smallest absolute Gasteiger partial charge is 0.406 e. The molecule has 2 atom stereocenters. The van der Waals surface area contributed by atoms with E-state index in [2.05, 4.69) is 20.2 Å². The zero-order valence-corrected chi connectivity index (χ0v) is 23.5. The normalized spacial score (nSPS) is 19.5. The molecule has 4 heterocycles. The minimum Gasteiger partial charge on any atom is -0.406 e. The van der Waals surface area contributed by atoms with Gasteiger partial charge in [0, 0.05) is 64.0 Å². The lowest BCUT2D eigenvalue weighted by Gasteiger charge is -2.40. The number of hydrogen-bond acceptors (Lipinski definition) is 9. The maximum Gasteiger partial charge on any atom is 0.573 e. The van der Waals surface area contributed by atoms with Crippen LogP contribution in [0.25, 0.3) is 11.4 Å². The van der Waals surface area contributed by atoms with Crippen LogP contribution in [-0.2, 0) is 4.74 Å². The van der Waals surface area contributed by atoms with Crippen LogP contribution >= 0.6 is 0 Å². The molecular formula is C28H34F3N7O4. The third-order valence-corrected chi connectivity index (χ3v) is 7.47. The van der Waals surface area contributed by atoms with Gasteiger partial charge in [0.2, 0.25) is 11.7 Å². The van der Waals surface area contributed by atoms with E-state index in [-0.39, 0.29) is 23.6 Å². The molecule has 11 nitrogen and oxygen atoms in total. The molecule has 1 aromatic carbocycles. The molecule has 2 amide bonds. The second-order valence-electron chi connectivity index (χ2n) is 10.4. The van der Waals surface area contributed by atoms with E-state index in [0.717, 1.165) is 30.0 Å². The number of ether oxygens (including phenoxy) is 2. The molecule has 0 saturated carbocycles. The van der Waals surface area contributed by atoms with Crippen LogP contribution < -0.4 is 15.0 Å². The van der Waals surface area contributed by atoms with Crippen LogP contribution in [0, 0.1) is 0 Å². The van der Waals surface area contributed by atoms with E-state index >= 15 is 0 Å². The van der Waals surface area contributed by atoms with Crippen LogP contribution in [0.1, 0.15) is 29.7 Å². The Morgan fingerprint density at radius 3 is 2.57 bits per heavy atom. The van der Waals surface area contributed by atoms with Crippen LogP contribution in [0.4, 0.5) is 23.8 Å². The van der Waals surface area contributed by atoms with Gasteiger partial charge in [-0.2, -0.15) is 4.98 Å². The highest BCUT2D eigenvalue weighted by atomic mass is 19.4. The summed E-state index contributed by atoms with van der Waals surface area (Å²) in [5, 5.41) is 7.35. The number of hydrogen-bond donors (Lipinski definition) is 1. The number of alkyl halides is 3. The number of amides is 2. The van der Waals surface area contributed by atoms with Gasteiger partial charge < -0.3 is 34.0 Å². The number of urea groups is 1. The molecule has 2 aliphatic rings. The standard InChI is InChI=1S/C28H34F3N7O4/c1-32-9-10-36(2)24-16-20(7-8-33-24)25-34-26(42-35-25)22-15-21(19-3-5-23(6-4-19)41-28(29,30)31)17-38(18-22)27(39)37-11-13-40-14-12-37/h3-8,16,21-22,32H,9-15,17-18H2,1-2H3. The zero-order chi connectivity index (χ0) is 29.7. The van der Waals surface area contributed by atoms with Gasteiger partial charge in [-0.05, 0) is 43.3 Å². The largest absolute Gasteiger partial charge is 0.573 e. The fraction of sp³-hybridized carbons (Fsp3) is 0.500. The molecule has 2 fully saturated rings. The quantitative estimate of drug-likeness (QED) is 0.421. The van der Waals surface area contributed by atoms with Crippen molar-refractivity contribution in [3.63, 3.8) is 0 Å². The first-order valence-corrected chi connectivity index (χ1v) is 13.8. The molecule has 0 bridgehead atoms. The second kappa shape index (κ2) is 12.9. The van der Waals surface area contributed by atoms with Crippen molar-refractivity contribution in [2.75, 3.05) is 71.5 Å². The van der Waals surface area contributed by atoms with Crippen molar-refractivity contribution in [1.29, 1.82) is 0 Å². The van der Waals surface area contributed by atoms with Crippen molar-refractivity contribution in [3.8, 4) is 17.1 Å². The van der Waals surface area contributed by atoms with Crippen molar-refractivity contribution >= 4 is 11.8 Å². The molecule has 0 aliphatic carbocycles. The van der Waals surface area contributed by atoms with Gasteiger partial charge in [-0.1, -0.05) is 17.3 Å². The number of nitrogens with one attached hydrogen (secondary N) is 1. The first-order chi connectivity index (χ1) is 20.2. The highest BCUT2D eigenvalue weighted by molar-refractivity contribution is 5.75. The first-order valence-electron chi connectivity index (χ1n) is 13.8. The molecule has 226 valence electrons. The second-order valence-corrected chi connectivity index (χ2v) is 10.4. The molecule has 0 radical (unpaired) electrons. The summed E-state index contributed by atoms with van der Waals surface area (Å²) >= 11 is 0. The maximum atomic E-state index is 13.5. The lowest BCUT2D eigenvalue weighted by Crippen LogP contribution is -2.52.